The molecule has 2 aliphatic rings. The number of hydrogen-bond donors (Lipinski definition) is 1. The van der Waals surface area contributed by atoms with Crippen molar-refractivity contribution in [2.45, 2.75) is 56.0 Å². The number of aromatic nitrogens is 2. The predicted molar refractivity (Wildman–Crippen MR) is 109 cm³/mol. The molecule has 0 saturated heterocycles. The molecule has 3 nitrogen and oxygen atoms in total. The van der Waals surface area contributed by atoms with E-state index in [2.05, 4.69) is 36.7 Å². The number of H-pyrrole nitrogens is 1. The van der Waals surface area contributed by atoms with E-state index in [1.54, 1.807) is 0 Å². The highest BCUT2D eigenvalue weighted by atomic mass is 32.2. The van der Waals surface area contributed by atoms with Crippen LogP contribution in [0.1, 0.15) is 50.2 Å². The maximum Gasteiger partial charge on any atom is 0.255 e. The molecule has 2 aliphatic carbocycles. The molecular formula is C22H26N2OS. The minimum absolute atomic E-state index is 0.0455. The summed E-state index contributed by atoms with van der Waals surface area (Å²) in [7, 11) is 0. The molecule has 1 atom stereocenters. The maximum absolute atomic E-state index is 13.2. The van der Waals surface area contributed by atoms with Gasteiger partial charge in [0.15, 0.2) is 5.16 Å². The monoisotopic (exact) mass is 366 g/mol. The smallest absolute Gasteiger partial charge is 0.255 e. The highest BCUT2D eigenvalue weighted by molar-refractivity contribution is 7.99. The minimum Gasteiger partial charge on any atom is -0.301 e. The van der Waals surface area contributed by atoms with Crippen molar-refractivity contribution in [1.29, 1.82) is 0 Å². The zero-order valence-electron chi connectivity index (χ0n) is 15.4. The first kappa shape index (κ1) is 17.6. The van der Waals surface area contributed by atoms with Crippen molar-refractivity contribution in [3.05, 3.63) is 58.4 Å². The van der Waals surface area contributed by atoms with Crippen molar-refractivity contribution in [1.82, 2.24) is 9.97 Å². The summed E-state index contributed by atoms with van der Waals surface area (Å²) >= 11 is 1.53. The van der Waals surface area contributed by atoms with Gasteiger partial charge in [0.2, 0.25) is 0 Å². The van der Waals surface area contributed by atoms with Crippen LogP contribution in [0.3, 0.4) is 0 Å². The number of thioether (sulfide) groups is 1. The van der Waals surface area contributed by atoms with E-state index in [4.69, 9.17) is 4.98 Å². The zero-order valence-corrected chi connectivity index (χ0v) is 16.2. The van der Waals surface area contributed by atoms with E-state index in [0.29, 0.717) is 11.1 Å². The van der Waals surface area contributed by atoms with Gasteiger partial charge in [-0.25, -0.2) is 4.98 Å². The summed E-state index contributed by atoms with van der Waals surface area (Å²) in [5.41, 5.74) is 4.17. The fourth-order valence-corrected chi connectivity index (χ4v) is 5.46. The molecule has 26 heavy (non-hydrogen) atoms. The van der Waals surface area contributed by atoms with Crippen LogP contribution in [0.4, 0.5) is 0 Å². The Morgan fingerprint density at radius 2 is 2.08 bits per heavy atom. The third kappa shape index (κ3) is 2.94. The number of nitrogens with one attached hydrogen (secondary N) is 1. The fourth-order valence-electron chi connectivity index (χ4n) is 4.86. The lowest BCUT2D eigenvalue weighted by Gasteiger charge is -2.43. The van der Waals surface area contributed by atoms with Crippen molar-refractivity contribution in [3.8, 4) is 11.3 Å². The summed E-state index contributed by atoms with van der Waals surface area (Å²) in [6.07, 6.45) is 9.07. The fraction of sp³-hybridized carbons (Fsp3) is 0.455. The number of aromatic amines is 1. The number of hydrogen-bond acceptors (Lipinski definition) is 3. The van der Waals surface area contributed by atoms with Crippen molar-refractivity contribution >= 4 is 11.8 Å². The number of benzene rings is 1. The van der Waals surface area contributed by atoms with Crippen molar-refractivity contribution < 1.29 is 0 Å². The van der Waals surface area contributed by atoms with Gasteiger partial charge >= 0.3 is 0 Å². The Kier molecular flexibility index (Phi) is 4.78. The van der Waals surface area contributed by atoms with Crippen LogP contribution in [0.5, 0.6) is 0 Å². The second-order valence-corrected chi connectivity index (χ2v) is 8.79. The molecule has 0 amide bonds. The molecule has 1 heterocycles. The van der Waals surface area contributed by atoms with Crippen molar-refractivity contribution in [2.75, 3.05) is 5.75 Å². The SMILES string of the molecule is C=CCSc1nc2c(c(=O)[nH]1)C(C)(C1CCCCC1)Cc1ccccc1-2. The Bertz CT molecular complexity index is 882. The van der Waals surface area contributed by atoms with E-state index in [9.17, 15) is 4.79 Å². The molecule has 4 rings (SSSR count). The van der Waals surface area contributed by atoms with Crippen LogP contribution < -0.4 is 5.56 Å². The van der Waals surface area contributed by atoms with Gasteiger partial charge in [0.25, 0.3) is 5.56 Å². The Morgan fingerprint density at radius 1 is 1.31 bits per heavy atom. The molecule has 1 aromatic heterocycles. The second kappa shape index (κ2) is 7.07. The van der Waals surface area contributed by atoms with E-state index in [0.717, 1.165) is 29.0 Å². The number of nitrogens with zero attached hydrogens (tertiary/aromatic N) is 1. The summed E-state index contributed by atoms with van der Waals surface area (Å²) in [5, 5.41) is 0.691. The normalized spacial score (nSPS) is 22.5. The second-order valence-electron chi connectivity index (χ2n) is 7.78. The summed E-state index contributed by atoms with van der Waals surface area (Å²) < 4.78 is 0. The molecule has 136 valence electrons. The lowest BCUT2D eigenvalue weighted by atomic mass is 9.60. The van der Waals surface area contributed by atoms with Gasteiger partial charge in [-0.1, -0.05) is 68.3 Å². The van der Waals surface area contributed by atoms with Crippen LogP contribution >= 0.6 is 11.8 Å². The lowest BCUT2D eigenvalue weighted by molar-refractivity contribution is 0.213. The van der Waals surface area contributed by atoms with Gasteiger partial charge in [-0.05, 0) is 30.7 Å². The Morgan fingerprint density at radius 3 is 2.85 bits per heavy atom. The van der Waals surface area contributed by atoms with Gasteiger partial charge in [-0.15, -0.1) is 6.58 Å². The molecule has 1 aromatic carbocycles. The van der Waals surface area contributed by atoms with Gasteiger partial charge in [-0.2, -0.15) is 0 Å². The van der Waals surface area contributed by atoms with Crippen LogP contribution in [-0.4, -0.2) is 15.7 Å². The van der Waals surface area contributed by atoms with E-state index in [1.807, 2.05) is 12.1 Å². The number of rotatable bonds is 4. The third-order valence-corrected chi connectivity index (χ3v) is 7.01. The van der Waals surface area contributed by atoms with Gasteiger partial charge in [0.05, 0.1) is 11.3 Å². The average molecular weight is 367 g/mol. The van der Waals surface area contributed by atoms with Crippen LogP contribution in [0, 0.1) is 5.92 Å². The third-order valence-electron chi connectivity index (χ3n) is 6.14. The largest absolute Gasteiger partial charge is 0.301 e. The molecule has 2 aromatic rings. The van der Waals surface area contributed by atoms with Gasteiger partial charge in [0.1, 0.15) is 0 Å². The summed E-state index contributed by atoms with van der Waals surface area (Å²) in [6.45, 7) is 6.06. The van der Waals surface area contributed by atoms with E-state index >= 15 is 0 Å². The first-order valence-electron chi connectivity index (χ1n) is 9.60. The predicted octanol–water partition coefficient (Wildman–Crippen LogP) is 5.11. The summed E-state index contributed by atoms with van der Waals surface area (Å²) in [5.74, 6) is 1.29. The quantitative estimate of drug-likeness (QED) is 0.465. The van der Waals surface area contributed by atoms with E-state index in [-0.39, 0.29) is 11.0 Å². The molecule has 4 heteroatoms. The molecule has 0 spiro atoms. The Labute approximate surface area is 159 Å². The zero-order chi connectivity index (χ0) is 18.1. The van der Waals surface area contributed by atoms with Gasteiger partial charge < -0.3 is 4.98 Å². The van der Waals surface area contributed by atoms with Crippen LogP contribution in [-0.2, 0) is 11.8 Å². The Hall–Kier alpha value is -1.81. The molecular weight excluding hydrogens is 340 g/mol. The maximum atomic E-state index is 13.2. The van der Waals surface area contributed by atoms with E-state index in [1.165, 1.54) is 49.4 Å². The highest BCUT2D eigenvalue weighted by Crippen LogP contribution is 2.48. The van der Waals surface area contributed by atoms with Gasteiger partial charge in [0, 0.05) is 16.7 Å². The van der Waals surface area contributed by atoms with E-state index < -0.39 is 0 Å². The van der Waals surface area contributed by atoms with Crippen molar-refractivity contribution in [2.24, 2.45) is 5.92 Å². The summed E-state index contributed by atoms with van der Waals surface area (Å²) in [4.78, 5) is 21.1. The molecule has 1 N–H and O–H groups in total. The van der Waals surface area contributed by atoms with Gasteiger partial charge in [-0.3, -0.25) is 4.79 Å². The standard InChI is InChI=1S/C22H26N2OS/c1-3-13-26-21-23-19-17-12-8-7-9-15(17)14-22(2,18(19)20(25)24-21)16-10-5-4-6-11-16/h3,7-9,12,16H,1,4-6,10-11,13-14H2,2H3,(H,23,24,25). The molecule has 0 bridgehead atoms. The Balaban J connectivity index is 1.90. The first-order valence-corrected chi connectivity index (χ1v) is 10.6. The highest BCUT2D eigenvalue weighted by Gasteiger charge is 2.44. The van der Waals surface area contributed by atoms with Crippen LogP contribution in [0.2, 0.25) is 0 Å². The molecule has 0 aliphatic heterocycles. The molecule has 1 fully saturated rings. The average Bonchev–Trinajstić information content (AvgIpc) is 2.67. The minimum atomic E-state index is -0.133. The topological polar surface area (TPSA) is 45.8 Å². The van der Waals surface area contributed by atoms with Crippen LogP contribution in [0.25, 0.3) is 11.3 Å². The first-order chi connectivity index (χ1) is 12.6. The number of fused-ring (bicyclic) bond motifs is 3. The van der Waals surface area contributed by atoms with Crippen molar-refractivity contribution in [3.63, 3.8) is 0 Å². The molecule has 1 unspecified atom stereocenters. The summed E-state index contributed by atoms with van der Waals surface area (Å²) in [6, 6.07) is 8.47. The molecule has 0 radical (unpaired) electrons. The van der Waals surface area contributed by atoms with Crippen LogP contribution in [0.15, 0.2) is 46.9 Å². The molecule has 1 saturated carbocycles. The lowest BCUT2D eigenvalue weighted by Crippen LogP contribution is -2.43.